The van der Waals surface area contributed by atoms with Crippen molar-refractivity contribution in [2.45, 2.75) is 0 Å². The Morgan fingerprint density at radius 1 is 1.46 bits per heavy atom. The molecule has 0 spiro atoms. The number of aldehydes is 1. The smallest absolute Gasteiger partial charge is 0.153 e. The van der Waals surface area contributed by atoms with Gasteiger partial charge in [-0.25, -0.2) is 4.39 Å². The molecular weight excluding hydrogens is 237 g/mol. The van der Waals surface area contributed by atoms with E-state index < -0.39 is 0 Å². The van der Waals surface area contributed by atoms with Crippen LogP contribution in [0.3, 0.4) is 0 Å². The van der Waals surface area contributed by atoms with E-state index in [9.17, 15) is 9.18 Å². The molecule has 0 amide bonds. The van der Waals surface area contributed by atoms with Crippen molar-refractivity contribution in [1.82, 2.24) is 4.98 Å². The first-order valence-corrected chi connectivity index (χ1v) is 4.44. The van der Waals surface area contributed by atoms with Crippen molar-refractivity contribution < 1.29 is 9.18 Å². The fraction of sp³-hybridized carbons (Fsp3) is 0. The molecule has 0 radical (unpaired) electrons. The number of aromatic amines is 1. The van der Waals surface area contributed by atoms with Crippen LogP contribution in [-0.4, -0.2) is 11.3 Å². The summed E-state index contributed by atoms with van der Waals surface area (Å²) in [5.41, 5.74) is 0.811. The Morgan fingerprint density at radius 2 is 2.23 bits per heavy atom. The second-order valence-electron chi connectivity index (χ2n) is 2.63. The molecule has 1 heterocycles. The van der Waals surface area contributed by atoms with Crippen LogP contribution in [0.5, 0.6) is 0 Å². The topological polar surface area (TPSA) is 32.9 Å². The van der Waals surface area contributed by atoms with E-state index in [2.05, 4.69) is 20.9 Å². The van der Waals surface area contributed by atoms with Crippen LogP contribution < -0.4 is 0 Å². The van der Waals surface area contributed by atoms with Gasteiger partial charge in [0.1, 0.15) is 5.82 Å². The number of benzene rings is 1. The van der Waals surface area contributed by atoms with Crippen molar-refractivity contribution in [1.29, 1.82) is 0 Å². The third-order valence-electron chi connectivity index (χ3n) is 1.89. The number of hydrogen-bond donors (Lipinski definition) is 1. The molecule has 2 rings (SSSR count). The zero-order valence-electron chi connectivity index (χ0n) is 6.47. The number of para-hydroxylation sites is 1. The number of nitrogens with one attached hydrogen (secondary N) is 1. The molecule has 13 heavy (non-hydrogen) atoms. The van der Waals surface area contributed by atoms with E-state index in [1.807, 2.05) is 0 Å². The van der Waals surface area contributed by atoms with Crippen LogP contribution >= 0.6 is 15.9 Å². The SMILES string of the molecule is O=Cc1c(Br)[nH]c2c(F)cccc12. The van der Waals surface area contributed by atoms with Gasteiger partial charge in [-0.05, 0) is 22.0 Å². The van der Waals surface area contributed by atoms with E-state index >= 15 is 0 Å². The lowest BCUT2D eigenvalue weighted by Crippen LogP contribution is -1.77. The van der Waals surface area contributed by atoms with Crippen molar-refractivity contribution in [2.24, 2.45) is 0 Å². The lowest BCUT2D eigenvalue weighted by Gasteiger charge is -1.90. The Balaban J connectivity index is 2.93. The highest BCUT2D eigenvalue weighted by molar-refractivity contribution is 9.10. The largest absolute Gasteiger partial charge is 0.346 e. The minimum absolute atomic E-state index is 0.355. The van der Waals surface area contributed by atoms with E-state index in [0.717, 1.165) is 0 Å². The summed E-state index contributed by atoms with van der Waals surface area (Å²) in [6.07, 6.45) is 0.697. The molecule has 66 valence electrons. The Morgan fingerprint density at radius 3 is 2.92 bits per heavy atom. The van der Waals surface area contributed by atoms with Crippen molar-refractivity contribution in [3.63, 3.8) is 0 Å². The van der Waals surface area contributed by atoms with Crippen LogP contribution in [0.1, 0.15) is 10.4 Å². The van der Waals surface area contributed by atoms with Gasteiger partial charge < -0.3 is 4.98 Å². The Hall–Kier alpha value is -1.16. The summed E-state index contributed by atoms with van der Waals surface area (Å²) >= 11 is 3.15. The molecule has 1 aromatic heterocycles. The fourth-order valence-corrected chi connectivity index (χ4v) is 1.79. The van der Waals surface area contributed by atoms with E-state index in [-0.39, 0.29) is 5.82 Å². The van der Waals surface area contributed by atoms with Gasteiger partial charge in [0.2, 0.25) is 0 Å². The van der Waals surface area contributed by atoms with Gasteiger partial charge in [0.05, 0.1) is 15.7 Å². The lowest BCUT2D eigenvalue weighted by molar-refractivity contribution is 0.112. The summed E-state index contributed by atoms with van der Waals surface area (Å²) in [5.74, 6) is -0.355. The van der Waals surface area contributed by atoms with Crippen LogP contribution in [-0.2, 0) is 0 Å². The van der Waals surface area contributed by atoms with Gasteiger partial charge in [0.15, 0.2) is 6.29 Å². The minimum Gasteiger partial charge on any atom is -0.346 e. The first-order valence-electron chi connectivity index (χ1n) is 3.65. The highest BCUT2D eigenvalue weighted by Gasteiger charge is 2.10. The average molecular weight is 242 g/mol. The fourth-order valence-electron chi connectivity index (χ4n) is 1.29. The molecule has 1 N–H and O–H groups in total. The molecule has 0 aliphatic carbocycles. The van der Waals surface area contributed by atoms with Crippen molar-refractivity contribution in [2.75, 3.05) is 0 Å². The number of halogens is 2. The zero-order valence-corrected chi connectivity index (χ0v) is 8.06. The molecule has 1 aromatic carbocycles. The molecule has 2 nitrogen and oxygen atoms in total. The van der Waals surface area contributed by atoms with Gasteiger partial charge >= 0.3 is 0 Å². The number of carbonyl (C=O) groups is 1. The maximum Gasteiger partial charge on any atom is 0.153 e. The van der Waals surface area contributed by atoms with Gasteiger partial charge in [-0.1, -0.05) is 12.1 Å². The maximum atomic E-state index is 13.1. The number of hydrogen-bond acceptors (Lipinski definition) is 1. The molecule has 0 atom stereocenters. The first kappa shape index (κ1) is 8.44. The van der Waals surface area contributed by atoms with Crippen LogP contribution in [0, 0.1) is 5.82 Å². The molecular formula is C9H5BrFNO. The Bertz CT molecular complexity index is 478. The minimum atomic E-state index is -0.355. The number of carbonyl (C=O) groups excluding carboxylic acids is 1. The summed E-state index contributed by atoms with van der Waals surface area (Å²) in [4.78, 5) is 13.4. The van der Waals surface area contributed by atoms with Crippen LogP contribution in [0.25, 0.3) is 10.9 Å². The maximum absolute atomic E-state index is 13.1. The van der Waals surface area contributed by atoms with E-state index in [1.165, 1.54) is 6.07 Å². The third kappa shape index (κ3) is 1.18. The van der Waals surface area contributed by atoms with E-state index in [0.29, 0.717) is 27.4 Å². The van der Waals surface area contributed by atoms with Crippen molar-refractivity contribution in [3.05, 3.63) is 34.2 Å². The molecule has 0 saturated carbocycles. The van der Waals surface area contributed by atoms with Gasteiger partial charge in [-0.2, -0.15) is 0 Å². The van der Waals surface area contributed by atoms with E-state index in [4.69, 9.17) is 0 Å². The monoisotopic (exact) mass is 241 g/mol. The molecule has 4 heteroatoms. The molecule has 0 saturated heterocycles. The molecule has 0 fully saturated rings. The van der Waals surface area contributed by atoms with Gasteiger partial charge in [0, 0.05) is 5.39 Å². The average Bonchev–Trinajstić information content (AvgIpc) is 2.43. The summed E-state index contributed by atoms with van der Waals surface area (Å²) in [6.45, 7) is 0. The highest BCUT2D eigenvalue weighted by atomic mass is 79.9. The van der Waals surface area contributed by atoms with Crippen molar-refractivity contribution in [3.8, 4) is 0 Å². The van der Waals surface area contributed by atoms with Crippen LogP contribution in [0.4, 0.5) is 4.39 Å². The summed E-state index contributed by atoms with van der Waals surface area (Å²) in [5, 5.41) is 0.599. The second-order valence-corrected chi connectivity index (χ2v) is 3.43. The number of aromatic nitrogens is 1. The summed E-state index contributed by atoms with van der Waals surface area (Å²) in [7, 11) is 0. The predicted octanol–water partition coefficient (Wildman–Crippen LogP) is 2.88. The third-order valence-corrected chi connectivity index (χ3v) is 2.52. The molecule has 0 bridgehead atoms. The molecule has 0 aliphatic rings. The molecule has 0 aliphatic heterocycles. The second kappa shape index (κ2) is 2.96. The van der Waals surface area contributed by atoms with Crippen LogP contribution in [0.2, 0.25) is 0 Å². The van der Waals surface area contributed by atoms with Gasteiger partial charge in [0.25, 0.3) is 0 Å². The Kier molecular flexibility index (Phi) is 1.92. The molecule has 0 unspecified atom stereocenters. The standard InChI is InChI=1S/C9H5BrFNO/c10-9-6(4-13)5-2-1-3-7(11)8(5)12-9/h1-4,12H. The van der Waals surface area contributed by atoms with Gasteiger partial charge in [-0.15, -0.1) is 0 Å². The quantitative estimate of drug-likeness (QED) is 0.766. The number of rotatable bonds is 1. The van der Waals surface area contributed by atoms with E-state index in [1.54, 1.807) is 12.1 Å². The lowest BCUT2D eigenvalue weighted by atomic mass is 10.2. The first-order chi connectivity index (χ1) is 6.24. The highest BCUT2D eigenvalue weighted by Crippen LogP contribution is 2.26. The summed E-state index contributed by atoms with van der Waals surface area (Å²) < 4.78 is 13.7. The molecule has 2 aromatic rings. The number of H-pyrrole nitrogens is 1. The Labute approximate surface area is 81.9 Å². The zero-order chi connectivity index (χ0) is 9.42. The van der Waals surface area contributed by atoms with Gasteiger partial charge in [-0.3, -0.25) is 4.79 Å². The van der Waals surface area contributed by atoms with Crippen LogP contribution in [0.15, 0.2) is 22.8 Å². The van der Waals surface area contributed by atoms with Crippen molar-refractivity contribution >= 4 is 33.1 Å². The normalized spacial score (nSPS) is 10.6. The number of fused-ring (bicyclic) bond motifs is 1. The summed E-state index contributed by atoms with van der Waals surface area (Å²) in [6, 6.07) is 4.62. The predicted molar refractivity (Wildman–Crippen MR) is 51.3 cm³/mol.